The van der Waals surface area contributed by atoms with Gasteiger partial charge in [-0.25, -0.2) is 4.39 Å². The molecule has 2 nitrogen and oxygen atoms in total. The summed E-state index contributed by atoms with van der Waals surface area (Å²) < 4.78 is 18.8. The van der Waals surface area contributed by atoms with E-state index in [1.54, 1.807) is 24.3 Å². The van der Waals surface area contributed by atoms with Gasteiger partial charge in [-0.3, -0.25) is 0 Å². The summed E-state index contributed by atoms with van der Waals surface area (Å²) >= 11 is 11.8. The van der Waals surface area contributed by atoms with Crippen molar-refractivity contribution in [2.75, 3.05) is 5.73 Å². The maximum absolute atomic E-state index is 13.5. The van der Waals surface area contributed by atoms with Crippen LogP contribution in [0, 0.1) is 5.82 Å². The summed E-state index contributed by atoms with van der Waals surface area (Å²) in [7, 11) is 0. The molecule has 2 rings (SSSR count). The van der Waals surface area contributed by atoms with Gasteiger partial charge in [0, 0.05) is 16.3 Å². The van der Waals surface area contributed by atoms with Gasteiger partial charge in [0.1, 0.15) is 6.61 Å². The zero-order valence-electron chi connectivity index (χ0n) is 9.29. The van der Waals surface area contributed by atoms with Gasteiger partial charge in [0.15, 0.2) is 11.6 Å². The first kappa shape index (κ1) is 13.0. The first-order valence-electron chi connectivity index (χ1n) is 5.18. The lowest BCUT2D eigenvalue weighted by Crippen LogP contribution is -2.00. The average Bonchev–Trinajstić information content (AvgIpc) is 2.33. The van der Waals surface area contributed by atoms with E-state index in [1.807, 2.05) is 0 Å². The summed E-state index contributed by atoms with van der Waals surface area (Å²) in [6.45, 7) is 0.102. The van der Waals surface area contributed by atoms with Crippen molar-refractivity contribution in [2.45, 2.75) is 6.61 Å². The second-order valence-corrected chi connectivity index (χ2v) is 4.50. The molecule has 0 unspecified atom stereocenters. The molecule has 94 valence electrons. The van der Waals surface area contributed by atoms with Crippen LogP contribution in [0.25, 0.3) is 0 Å². The minimum Gasteiger partial charge on any atom is -0.484 e. The van der Waals surface area contributed by atoms with Gasteiger partial charge in [-0.2, -0.15) is 0 Å². The first-order chi connectivity index (χ1) is 8.58. The van der Waals surface area contributed by atoms with Crippen LogP contribution in [0.2, 0.25) is 10.0 Å². The van der Waals surface area contributed by atoms with Crippen molar-refractivity contribution >= 4 is 28.9 Å². The molecule has 0 aromatic heterocycles. The zero-order chi connectivity index (χ0) is 13.1. The van der Waals surface area contributed by atoms with Gasteiger partial charge in [0.2, 0.25) is 0 Å². The van der Waals surface area contributed by atoms with E-state index in [0.717, 1.165) is 0 Å². The summed E-state index contributed by atoms with van der Waals surface area (Å²) in [6, 6.07) is 9.37. The highest BCUT2D eigenvalue weighted by molar-refractivity contribution is 6.32. The molecular weight excluding hydrogens is 276 g/mol. The zero-order valence-corrected chi connectivity index (χ0v) is 10.8. The van der Waals surface area contributed by atoms with Crippen LogP contribution >= 0.6 is 23.2 Å². The number of hydrogen-bond donors (Lipinski definition) is 1. The van der Waals surface area contributed by atoms with Crippen LogP contribution in [0.4, 0.5) is 10.1 Å². The Morgan fingerprint density at radius 1 is 1.11 bits per heavy atom. The van der Waals surface area contributed by atoms with E-state index in [2.05, 4.69) is 0 Å². The first-order valence-corrected chi connectivity index (χ1v) is 5.94. The van der Waals surface area contributed by atoms with E-state index in [0.29, 0.717) is 16.3 Å². The molecule has 2 aromatic carbocycles. The summed E-state index contributed by atoms with van der Waals surface area (Å²) in [5, 5.41) is 0.728. The number of benzene rings is 2. The van der Waals surface area contributed by atoms with E-state index in [4.69, 9.17) is 33.7 Å². The number of halogens is 3. The van der Waals surface area contributed by atoms with E-state index in [9.17, 15) is 4.39 Å². The largest absolute Gasteiger partial charge is 0.484 e. The van der Waals surface area contributed by atoms with Crippen LogP contribution in [-0.4, -0.2) is 0 Å². The lowest BCUT2D eigenvalue weighted by molar-refractivity contribution is 0.290. The van der Waals surface area contributed by atoms with E-state index in [1.165, 1.54) is 12.1 Å². The highest BCUT2D eigenvalue weighted by Crippen LogP contribution is 2.29. The number of rotatable bonds is 3. The fourth-order valence-electron chi connectivity index (χ4n) is 1.48. The molecular formula is C13H10Cl2FNO. The molecule has 0 spiro atoms. The van der Waals surface area contributed by atoms with Gasteiger partial charge in [0.25, 0.3) is 0 Å². The third kappa shape index (κ3) is 2.86. The molecule has 0 aliphatic heterocycles. The van der Waals surface area contributed by atoms with Crippen LogP contribution in [-0.2, 0) is 6.61 Å². The summed E-state index contributed by atoms with van der Waals surface area (Å²) in [6.07, 6.45) is 0. The van der Waals surface area contributed by atoms with Gasteiger partial charge in [-0.1, -0.05) is 29.3 Å². The van der Waals surface area contributed by atoms with Crippen molar-refractivity contribution < 1.29 is 9.13 Å². The SMILES string of the molecule is Nc1ccc(Cl)c(COc2c(F)cccc2Cl)c1. The number of hydrogen-bond acceptors (Lipinski definition) is 2. The topological polar surface area (TPSA) is 35.2 Å². The number of ether oxygens (including phenoxy) is 1. The predicted octanol–water partition coefficient (Wildman–Crippen LogP) is 4.29. The number of anilines is 1. The maximum atomic E-state index is 13.5. The molecule has 2 aromatic rings. The molecule has 0 aliphatic carbocycles. The van der Waals surface area contributed by atoms with Crippen molar-refractivity contribution in [1.82, 2.24) is 0 Å². The van der Waals surface area contributed by atoms with E-state index in [-0.39, 0.29) is 17.4 Å². The van der Waals surface area contributed by atoms with Crippen LogP contribution in [0.15, 0.2) is 36.4 Å². The van der Waals surface area contributed by atoms with Gasteiger partial charge < -0.3 is 10.5 Å². The molecule has 0 bridgehead atoms. The second kappa shape index (κ2) is 5.46. The molecule has 0 amide bonds. The Bertz CT molecular complexity index is 555. The fraction of sp³-hybridized carbons (Fsp3) is 0.0769. The third-order valence-electron chi connectivity index (χ3n) is 2.36. The van der Waals surface area contributed by atoms with Crippen molar-refractivity contribution in [3.63, 3.8) is 0 Å². The van der Waals surface area contributed by atoms with E-state index < -0.39 is 5.82 Å². The molecule has 18 heavy (non-hydrogen) atoms. The van der Waals surface area contributed by atoms with Gasteiger partial charge >= 0.3 is 0 Å². The monoisotopic (exact) mass is 285 g/mol. The lowest BCUT2D eigenvalue weighted by Gasteiger charge is -2.10. The molecule has 0 atom stereocenters. The molecule has 5 heteroatoms. The smallest absolute Gasteiger partial charge is 0.174 e. The summed E-state index contributed by atoms with van der Waals surface area (Å²) in [5.41, 5.74) is 6.89. The van der Waals surface area contributed by atoms with Crippen LogP contribution in [0.3, 0.4) is 0 Å². The number of para-hydroxylation sites is 1. The Kier molecular flexibility index (Phi) is 3.94. The summed E-state index contributed by atoms with van der Waals surface area (Å²) in [4.78, 5) is 0. The average molecular weight is 286 g/mol. The third-order valence-corrected chi connectivity index (χ3v) is 3.03. The fourth-order valence-corrected chi connectivity index (χ4v) is 1.87. The molecule has 0 radical (unpaired) electrons. The summed E-state index contributed by atoms with van der Waals surface area (Å²) in [5.74, 6) is -0.500. The second-order valence-electron chi connectivity index (χ2n) is 3.69. The van der Waals surface area contributed by atoms with Gasteiger partial charge in [0.05, 0.1) is 5.02 Å². The Balaban J connectivity index is 2.19. The van der Waals surface area contributed by atoms with Crippen molar-refractivity contribution in [3.05, 3.63) is 57.8 Å². The lowest BCUT2D eigenvalue weighted by atomic mass is 10.2. The van der Waals surface area contributed by atoms with Crippen molar-refractivity contribution in [2.24, 2.45) is 0 Å². The maximum Gasteiger partial charge on any atom is 0.174 e. The predicted molar refractivity (Wildman–Crippen MR) is 71.6 cm³/mol. The highest BCUT2D eigenvalue weighted by Gasteiger charge is 2.09. The molecule has 0 aliphatic rings. The van der Waals surface area contributed by atoms with Crippen LogP contribution in [0.5, 0.6) is 5.75 Å². The van der Waals surface area contributed by atoms with Crippen LogP contribution < -0.4 is 10.5 Å². The van der Waals surface area contributed by atoms with Gasteiger partial charge in [-0.05, 0) is 30.3 Å². The standard InChI is InChI=1S/C13H10Cl2FNO/c14-10-5-4-9(17)6-8(10)7-18-13-11(15)2-1-3-12(13)16/h1-6H,7,17H2. The molecule has 2 N–H and O–H groups in total. The molecule has 0 saturated heterocycles. The number of nitrogens with two attached hydrogens (primary N) is 1. The van der Waals surface area contributed by atoms with Crippen molar-refractivity contribution in [3.8, 4) is 5.75 Å². The molecule has 0 fully saturated rings. The number of nitrogen functional groups attached to an aromatic ring is 1. The van der Waals surface area contributed by atoms with Gasteiger partial charge in [-0.15, -0.1) is 0 Å². The Morgan fingerprint density at radius 2 is 1.89 bits per heavy atom. The van der Waals surface area contributed by atoms with Crippen LogP contribution in [0.1, 0.15) is 5.56 Å². The minimum atomic E-state index is -0.512. The Morgan fingerprint density at radius 3 is 2.61 bits per heavy atom. The minimum absolute atomic E-state index is 0.0117. The molecule has 0 heterocycles. The normalized spacial score (nSPS) is 10.4. The molecule has 0 saturated carbocycles. The highest BCUT2D eigenvalue weighted by atomic mass is 35.5. The van der Waals surface area contributed by atoms with Crippen molar-refractivity contribution in [1.29, 1.82) is 0 Å². The van der Waals surface area contributed by atoms with E-state index >= 15 is 0 Å². The Hall–Kier alpha value is -1.45. The Labute approximate surface area is 114 Å². The quantitative estimate of drug-likeness (QED) is 0.854.